The van der Waals surface area contributed by atoms with Crippen LogP contribution in [0.2, 0.25) is 0 Å². The number of rotatable bonds is 7. The number of hydrogen-bond donors (Lipinski definition) is 0. The average Bonchev–Trinajstić information content (AvgIpc) is 3.20. The third kappa shape index (κ3) is 4.83. The molecule has 0 bridgehead atoms. The number of benzene rings is 2. The standard InChI is InChI=1S/C23H26N4O5/c1-24-9-11-25(12-10-24)22(29)16-31-20-7-5-18(6-8-20)26-13-14-27(23(26)30)19-3-2-4-21(15-19)32-17-28/h2-8,15,17H,9-14,16H2,1H3. The summed E-state index contributed by atoms with van der Waals surface area (Å²) in [4.78, 5) is 43.2. The molecule has 2 heterocycles. The van der Waals surface area contributed by atoms with Crippen molar-refractivity contribution in [2.24, 2.45) is 0 Å². The summed E-state index contributed by atoms with van der Waals surface area (Å²) in [6, 6.07) is 13.8. The zero-order valence-electron chi connectivity index (χ0n) is 18.0. The van der Waals surface area contributed by atoms with Gasteiger partial charge in [0.1, 0.15) is 11.5 Å². The molecule has 9 nitrogen and oxygen atoms in total. The fraction of sp³-hybridized carbons (Fsp3) is 0.348. The summed E-state index contributed by atoms with van der Waals surface area (Å²) in [6.45, 7) is 4.58. The molecule has 0 spiro atoms. The summed E-state index contributed by atoms with van der Waals surface area (Å²) < 4.78 is 10.5. The highest BCUT2D eigenvalue weighted by Gasteiger charge is 2.31. The molecular weight excluding hydrogens is 412 g/mol. The van der Waals surface area contributed by atoms with Gasteiger partial charge in [0.2, 0.25) is 0 Å². The topological polar surface area (TPSA) is 82.6 Å². The molecule has 2 aromatic rings. The summed E-state index contributed by atoms with van der Waals surface area (Å²) in [5.41, 5.74) is 1.41. The number of hydrogen-bond acceptors (Lipinski definition) is 6. The van der Waals surface area contributed by atoms with Gasteiger partial charge in [-0.1, -0.05) is 6.07 Å². The zero-order chi connectivity index (χ0) is 22.5. The van der Waals surface area contributed by atoms with Crippen molar-refractivity contribution < 1.29 is 23.9 Å². The first kappa shape index (κ1) is 21.6. The number of carbonyl (C=O) groups is 3. The normalized spacial score (nSPS) is 16.9. The van der Waals surface area contributed by atoms with Crippen LogP contribution in [0.4, 0.5) is 16.2 Å². The largest absolute Gasteiger partial charge is 0.484 e. The lowest BCUT2D eigenvalue weighted by molar-refractivity contribution is -0.134. The van der Waals surface area contributed by atoms with Gasteiger partial charge in [0.15, 0.2) is 6.61 Å². The third-order valence-corrected chi connectivity index (χ3v) is 5.69. The molecule has 2 aliphatic rings. The van der Waals surface area contributed by atoms with Crippen molar-refractivity contribution in [1.29, 1.82) is 0 Å². The Hall–Kier alpha value is -3.59. The van der Waals surface area contributed by atoms with Crippen molar-refractivity contribution in [3.05, 3.63) is 48.5 Å². The van der Waals surface area contributed by atoms with Gasteiger partial charge >= 0.3 is 6.03 Å². The maximum Gasteiger partial charge on any atom is 0.329 e. The van der Waals surface area contributed by atoms with E-state index in [2.05, 4.69) is 4.90 Å². The fourth-order valence-electron chi connectivity index (χ4n) is 3.81. The van der Waals surface area contributed by atoms with Gasteiger partial charge < -0.3 is 19.3 Å². The Morgan fingerprint density at radius 3 is 2.28 bits per heavy atom. The first-order valence-electron chi connectivity index (χ1n) is 10.5. The molecule has 9 heteroatoms. The highest BCUT2D eigenvalue weighted by atomic mass is 16.5. The monoisotopic (exact) mass is 438 g/mol. The molecule has 2 saturated heterocycles. The maximum atomic E-state index is 12.9. The minimum Gasteiger partial charge on any atom is -0.484 e. The molecular formula is C23H26N4O5. The van der Waals surface area contributed by atoms with E-state index in [1.54, 1.807) is 46.2 Å². The van der Waals surface area contributed by atoms with Crippen LogP contribution in [-0.4, -0.2) is 81.1 Å². The van der Waals surface area contributed by atoms with Gasteiger partial charge in [0.25, 0.3) is 12.4 Å². The number of piperazine rings is 1. The Morgan fingerprint density at radius 2 is 1.59 bits per heavy atom. The van der Waals surface area contributed by atoms with Crippen LogP contribution < -0.4 is 19.3 Å². The molecule has 3 amide bonds. The second kappa shape index (κ2) is 9.69. The molecule has 0 saturated carbocycles. The number of nitrogens with zero attached hydrogens (tertiary/aromatic N) is 4. The van der Waals surface area contributed by atoms with Gasteiger partial charge in [-0.05, 0) is 43.4 Å². The summed E-state index contributed by atoms with van der Waals surface area (Å²) in [6.07, 6.45) is 0. The van der Waals surface area contributed by atoms with Crippen LogP contribution in [0.5, 0.6) is 11.5 Å². The molecule has 0 aliphatic carbocycles. The SMILES string of the molecule is CN1CCN(C(=O)COc2ccc(N3CCN(c4cccc(OC=O)c4)C3=O)cc2)CC1. The van der Waals surface area contributed by atoms with Crippen molar-refractivity contribution in [2.75, 3.05) is 62.7 Å². The summed E-state index contributed by atoms with van der Waals surface area (Å²) in [5, 5.41) is 0. The van der Waals surface area contributed by atoms with Crippen LogP contribution in [-0.2, 0) is 9.59 Å². The highest BCUT2D eigenvalue weighted by Crippen LogP contribution is 2.28. The maximum absolute atomic E-state index is 12.9. The number of likely N-dealkylation sites (N-methyl/N-ethyl adjacent to an activating group) is 1. The summed E-state index contributed by atoms with van der Waals surface area (Å²) in [5.74, 6) is 0.947. The van der Waals surface area contributed by atoms with Crippen LogP contribution in [0.25, 0.3) is 0 Å². The average molecular weight is 438 g/mol. The Morgan fingerprint density at radius 1 is 0.906 bits per heavy atom. The van der Waals surface area contributed by atoms with Crippen molar-refractivity contribution in [2.45, 2.75) is 0 Å². The molecule has 4 rings (SSSR count). The molecule has 2 aliphatic heterocycles. The Balaban J connectivity index is 1.34. The summed E-state index contributed by atoms with van der Waals surface area (Å²) in [7, 11) is 2.05. The van der Waals surface area contributed by atoms with Gasteiger partial charge in [0, 0.05) is 56.7 Å². The van der Waals surface area contributed by atoms with Crippen molar-refractivity contribution in [3.8, 4) is 11.5 Å². The van der Waals surface area contributed by atoms with Gasteiger partial charge in [-0.25, -0.2) is 4.79 Å². The van der Waals surface area contributed by atoms with Crippen LogP contribution in [0.3, 0.4) is 0 Å². The molecule has 0 radical (unpaired) electrons. The van der Waals surface area contributed by atoms with Gasteiger partial charge in [-0.3, -0.25) is 19.4 Å². The number of ether oxygens (including phenoxy) is 2. The molecule has 32 heavy (non-hydrogen) atoms. The van der Waals surface area contributed by atoms with Gasteiger partial charge in [0.05, 0.1) is 0 Å². The zero-order valence-corrected chi connectivity index (χ0v) is 18.0. The first-order chi connectivity index (χ1) is 15.5. The van der Waals surface area contributed by atoms with Crippen LogP contribution in [0.15, 0.2) is 48.5 Å². The minimum absolute atomic E-state index is 0.00131. The number of carbonyl (C=O) groups excluding carboxylic acids is 3. The van der Waals surface area contributed by atoms with E-state index in [4.69, 9.17) is 9.47 Å². The second-order valence-electron chi connectivity index (χ2n) is 7.76. The highest BCUT2D eigenvalue weighted by molar-refractivity contribution is 6.06. The van der Waals surface area contributed by atoms with Gasteiger partial charge in [-0.2, -0.15) is 0 Å². The molecule has 0 unspecified atom stereocenters. The van der Waals surface area contributed by atoms with E-state index in [1.807, 2.05) is 24.1 Å². The van der Waals surface area contributed by atoms with E-state index in [-0.39, 0.29) is 18.5 Å². The molecule has 168 valence electrons. The van der Waals surface area contributed by atoms with E-state index >= 15 is 0 Å². The summed E-state index contributed by atoms with van der Waals surface area (Å²) >= 11 is 0. The van der Waals surface area contributed by atoms with E-state index < -0.39 is 0 Å². The smallest absolute Gasteiger partial charge is 0.329 e. The van der Waals surface area contributed by atoms with Gasteiger partial charge in [-0.15, -0.1) is 0 Å². The van der Waals surface area contributed by atoms with Crippen LogP contribution >= 0.6 is 0 Å². The van der Waals surface area contributed by atoms with Crippen molar-refractivity contribution in [1.82, 2.24) is 9.80 Å². The lowest BCUT2D eigenvalue weighted by atomic mass is 10.3. The van der Waals surface area contributed by atoms with Crippen LogP contribution in [0, 0.1) is 0 Å². The minimum atomic E-state index is -0.160. The van der Waals surface area contributed by atoms with Crippen molar-refractivity contribution in [3.63, 3.8) is 0 Å². The van der Waals surface area contributed by atoms with E-state index in [9.17, 15) is 14.4 Å². The first-order valence-corrected chi connectivity index (χ1v) is 10.5. The predicted octanol–water partition coefficient (Wildman–Crippen LogP) is 1.82. The fourth-order valence-corrected chi connectivity index (χ4v) is 3.81. The second-order valence-corrected chi connectivity index (χ2v) is 7.76. The Labute approximate surface area is 186 Å². The third-order valence-electron chi connectivity index (χ3n) is 5.69. The van der Waals surface area contributed by atoms with Crippen LogP contribution in [0.1, 0.15) is 0 Å². The van der Waals surface area contributed by atoms with E-state index in [1.165, 1.54) is 0 Å². The number of amides is 3. The lowest BCUT2D eigenvalue weighted by Crippen LogP contribution is -2.48. The molecule has 0 aromatic heterocycles. The molecule has 2 fully saturated rings. The quantitative estimate of drug-likeness (QED) is 0.614. The predicted molar refractivity (Wildman–Crippen MR) is 119 cm³/mol. The molecule has 2 aromatic carbocycles. The lowest BCUT2D eigenvalue weighted by Gasteiger charge is -2.32. The van der Waals surface area contributed by atoms with E-state index in [0.29, 0.717) is 36.7 Å². The number of anilines is 2. The Bertz CT molecular complexity index is 973. The Kier molecular flexibility index (Phi) is 6.55. The number of urea groups is 1. The molecule has 0 N–H and O–H groups in total. The van der Waals surface area contributed by atoms with E-state index in [0.717, 1.165) is 31.9 Å². The molecule has 0 atom stereocenters. The van der Waals surface area contributed by atoms with Crippen molar-refractivity contribution >= 4 is 29.8 Å².